The first-order valence-electron chi connectivity index (χ1n) is 8.71. The standard InChI is InChI=1S/C20H24N4OS/c1-15-19(26-14-24-15)13-23-20(21-2)22-10-5-11-25-18-9-8-16-6-3-4-7-17(16)12-18/h3-4,6-9,12,14H,5,10-11,13H2,1-2H3,(H2,21,22,23). The van der Waals surface area contributed by atoms with Crippen LogP contribution in [0, 0.1) is 6.92 Å². The van der Waals surface area contributed by atoms with Crippen LogP contribution < -0.4 is 15.4 Å². The van der Waals surface area contributed by atoms with E-state index >= 15 is 0 Å². The SMILES string of the molecule is CN=C(NCCCOc1ccc2ccccc2c1)NCc1scnc1C. The van der Waals surface area contributed by atoms with E-state index in [1.165, 1.54) is 15.6 Å². The lowest BCUT2D eigenvalue weighted by molar-refractivity contribution is 0.311. The molecule has 136 valence electrons. The third-order valence-corrected chi connectivity index (χ3v) is 5.02. The zero-order chi connectivity index (χ0) is 18.2. The Hall–Kier alpha value is -2.60. The molecule has 0 amide bonds. The maximum absolute atomic E-state index is 5.86. The van der Waals surface area contributed by atoms with Crippen molar-refractivity contribution in [2.75, 3.05) is 20.2 Å². The molecule has 0 aliphatic rings. The van der Waals surface area contributed by atoms with Crippen molar-refractivity contribution in [2.24, 2.45) is 4.99 Å². The van der Waals surface area contributed by atoms with E-state index in [9.17, 15) is 0 Å². The van der Waals surface area contributed by atoms with Crippen LogP contribution in [0.3, 0.4) is 0 Å². The molecule has 0 aliphatic carbocycles. The summed E-state index contributed by atoms with van der Waals surface area (Å²) in [4.78, 5) is 9.73. The molecule has 2 aromatic carbocycles. The van der Waals surface area contributed by atoms with Crippen molar-refractivity contribution < 1.29 is 4.74 Å². The van der Waals surface area contributed by atoms with E-state index in [4.69, 9.17) is 4.74 Å². The Morgan fingerprint density at radius 1 is 1.15 bits per heavy atom. The van der Waals surface area contributed by atoms with E-state index in [-0.39, 0.29) is 0 Å². The Morgan fingerprint density at radius 3 is 2.77 bits per heavy atom. The minimum atomic E-state index is 0.663. The Labute approximate surface area is 158 Å². The third-order valence-electron chi connectivity index (χ3n) is 4.09. The van der Waals surface area contributed by atoms with Gasteiger partial charge in [-0.1, -0.05) is 30.3 Å². The second-order valence-corrected chi connectivity index (χ2v) is 6.86. The molecule has 3 aromatic rings. The fourth-order valence-corrected chi connectivity index (χ4v) is 3.32. The van der Waals surface area contributed by atoms with Crippen molar-refractivity contribution in [1.82, 2.24) is 15.6 Å². The molecule has 3 rings (SSSR count). The van der Waals surface area contributed by atoms with E-state index in [1.807, 2.05) is 30.6 Å². The lowest BCUT2D eigenvalue weighted by Gasteiger charge is -2.12. The zero-order valence-electron chi connectivity index (χ0n) is 15.2. The number of fused-ring (bicyclic) bond motifs is 1. The number of hydrogen-bond acceptors (Lipinski definition) is 4. The van der Waals surface area contributed by atoms with Crippen LogP contribution in [0.25, 0.3) is 10.8 Å². The molecule has 0 aliphatic heterocycles. The smallest absolute Gasteiger partial charge is 0.191 e. The number of hydrogen-bond donors (Lipinski definition) is 2. The van der Waals surface area contributed by atoms with Crippen LogP contribution in [0.1, 0.15) is 17.0 Å². The van der Waals surface area contributed by atoms with Crippen molar-refractivity contribution in [1.29, 1.82) is 0 Å². The van der Waals surface area contributed by atoms with E-state index in [2.05, 4.69) is 44.9 Å². The lowest BCUT2D eigenvalue weighted by atomic mass is 10.1. The van der Waals surface area contributed by atoms with Gasteiger partial charge in [0.25, 0.3) is 0 Å². The number of aryl methyl sites for hydroxylation is 1. The normalized spacial score (nSPS) is 11.5. The molecule has 0 atom stereocenters. The van der Waals surface area contributed by atoms with Crippen LogP contribution in [0.5, 0.6) is 5.75 Å². The first-order chi connectivity index (χ1) is 12.8. The average Bonchev–Trinajstić information content (AvgIpc) is 3.08. The van der Waals surface area contributed by atoms with Gasteiger partial charge in [0, 0.05) is 18.5 Å². The van der Waals surface area contributed by atoms with Gasteiger partial charge >= 0.3 is 0 Å². The highest BCUT2D eigenvalue weighted by molar-refractivity contribution is 7.09. The van der Waals surface area contributed by atoms with Gasteiger partial charge in [-0.15, -0.1) is 11.3 Å². The van der Waals surface area contributed by atoms with E-state index in [0.29, 0.717) is 6.61 Å². The summed E-state index contributed by atoms with van der Waals surface area (Å²) in [5, 5.41) is 9.05. The van der Waals surface area contributed by atoms with Gasteiger partial charge in [-0.3, -0.25) is 4.99 Å². The molecule has 0 spiro atoms. The number of thiazole rings is 1. The van der Waals surface area contributed by atoms with Gasteiger partial charge < -0.3 is 15.4 Å². The molecule has 2 N–H and O–H groups in total. The maximum Gasteiger partial charge on any atom is 0.191 e. The Kier molecular flexibility index (Phi) is 6.44. The van der Waals surface area contributed by atoms with Gasteiger partial charge in [-0.25, -0.2) is 4.98 Å². The number of aromatic nitrogens is 1. The first kappa shape index (κ1) is 18.2. The molecular weight excluding hydrogens is 344 g/mol. The molecule has 0 saturated heterocycles. The van der Waals surface area contributed by atoms with Crippen LogP contribution in [-0.2, 0) is 6.54 Å². The Balaban J connectivity index is 1.38. The van der Waals surface area contributed by atoms with E-state index in [1.54, 1.807) is 18.4 Å². The minimum absolute atomic E-state index is 0.663. The average molecular weight is 369 g/mol. The fraction of sp³-hybridized carbons (Fsp3) is 0.300. The van der Waals surface area contributed by atoms with Crippen LogP contribution in [0.15, 0.2) is 53.0 Å². The molecule has 6 heteroatoms. The quantitative estimate of drug-likeness (QED) is 0.379. The topological polar surface area (TPSA) is 58.5 Å². The van der Waals surface area contributed by atoms with Gasteiger partial charge in [0.15, 0.2) is 5.96 Å². The molecule has 0 unspecified atom stereocenters. The van der Waals surface area contributed by atoms with Crippen LogP contribution in [0.2, 0.25) is 0 Å². The predicted molar refractivity (Wildman–Crippen MR) is 109 cm³/mol. The molecule has 1 aromatic heterocycles. The highest BCUT2D eigenvalue weighted by Gasteiger charge is 2.03. The van der Waals surface area contributed by atoms with E-state index < -0.39 is 0 Å². The Bertz CT molecular complexity index is 875. The highest BCUT2D eigenvalue weighted by Crippen LogP contribution is 2.20. The number of nitrogens with one attached hydrogen (secondary N) is 2. The van der Waals surface area contributed by atoms with Crippen molar-refractivity contribution in [3.05, 3.63) is 58.5 Å². The molecule has 0 bridgehead atoms. The number of aliphatic imine (C=N–C) groups is 1. The monoisotopic (exact) mass is 368 g/mol. The van der Waals surface area contributed by atoms with Gasteiger partial charge in [-0.2, -0.15) is 0 Å². The van der Waals surface area contributed by atoms with Crippen molar-refractivity contribution >= 4 is 28.1 Å². The fourth-order valence-electron chi connectivity index (χ4n) is 2.61. The maximum atomic E-state index is 5.86. The Morgan fingerprint density at radius 2 is 2.00 bits per heavy atom. The van der Waals surface area contributed by atoms with Gasteiger partial charge in [0.2, 0.25) is 0 Å². The second-order valence-electron chi connectivity index (χ2n) is 5.92. The molecule has 0 fully saturated rings. The predicted octanol–water partition coefficient (Wildman–Crippen LogP) is 3.74. The summed E-state index contributed by atoms with van der Waals surface area (Å²) in [7, 11) is 1.78. The molecule has 5 nitrogen and oxygen atoms in total. The van der Waals surface area contributed by atoms with Crippen molar-refractivity contribution in [3.8, 4) is 5.75 Å². The van der Waals surface area contributed by atoms with Crippen LogP contribution >= 0.6 is 11.3 Å². The highest BCUT2D eigenvalue weighted by atomic mass is 32.1. The number of benzene rings is 2. The number of guanidine groups is 1. The molecule has 0 saturated carbocycles. The summed E-state index contributed by atoms with van der Waals surface area (Å²) in [5.74, 6) is 1.70. The zero-order valence-corrected chi connectivity index (χ0v) is 16.0. The molecular formula is C20H24N4OS. The van der Waals surface area contributed by atoms with Gasteiger partial charge in [0.05, 0.1) is 24.4 Å². The second kappa shape index (κ2) is 9.20. The number of nitrogens with zero attached hydrogens (tertiary/aromatic N) is 2. The molecule has 0 radical (unpaired) electrons. The van der Waals surface area contributed by atoms with Gasteiger partial charge in [0.1, 0.15) is 5.75 Å². The summed E-state index contributed by atoms with van der Waals surface area (Å²) >= 11 is 1.66. The van der Waals surface area contributed by atoms with Crippen LogP contribution in [-0.4, -0.2) is 31.1 Å². The van der Waals surface area contributed by atoms with E-state index in [0.717, 1.165) is 36.9 Å². The third kappa shape index (κ3) is 4.95. The largest absolute Gasteiger partial charge is 0.494 e. The number of rotatable bonds is 7. The summed E-state index contributed by atoms with van der Waals surface area (Å²) in [6.45, 7) is 4.23. The number of ether oxygens (including phenoxy) is 1. The van der Waals surface area contributed by atoms with Gasteiger partial charge in [-0.05, 0) is 36.2 Å². The van der Waals surface area contributed by atoms with Crippen LogP contribution in [0.4, 0.5) is 0 Å². The summed E-state index contributed by atoms with van der Waals surface area (Å²) in [6.07, 6.45) is 0.896. The summed E-state index contributed by atoms with van der Waals surface area (Å²) < 4.78 is 5.86. The minimum Gasteiger partial charge on any atom is -0.494 e. The first-order valence-corrected chi connectivity index (χ1v) is 9.59. The summed E-state index contributed by atoms with van der Waals surface area (Å²) in [5.41, 5.74) is 2.94. The summed E-state index contributed by atoms with van der Waals surface area (Å²) in [6, 6.07) is 14.5. The van der Waals surface area contributed by atoms with Crippen molar-refractivity contribution in [2.45, 2.75) is 19.9 Å². The molecule has 26 heavy (non-hydrogen) atoms. The van der Waals surface area contributed by atoms with Crippen molar-refractivity contribution in [3.63, 3.8) is 0 Å². The lowest BCUT2D eigenvalue weighted by Crippen LogP contribution is -2.37. The molecule has 1 heterocycles.